The first kappa shape index (κ1) is 14.0. The van der Waals surface area contributed by atoms with Gasteiger partial charge in [0.1, 0.15) is 0 Å². The minimum absolute atomic E-state index is 0.00209. The van der Waals surface area contributed by atoms with Crippen LogP contribution in [0.25, 0.3) is 0 Å². The van der Waals surface area contributed by atoms with Crippen molar-refractivity contribution in [2.24, 2.45) is 0 Å². The molecule has 0 radical (unpaired) electrons. The van der Waals surface area contributed by atoms with Crippen molar-refractivity contribution >= 4 is 11.3 Å². The molecule has 1 aromatic rings. The minimum Gasteiger partial charge on any atom is -0.373 e. The Bertz CT molecular complexity index is 376. The van der Waals surface area contributed by atoms with Gasteiger partial charge in [-0.2, -0.15) is 0 Å². The van der Waals surface area contributed by atoms with Gasteiger partial charge in [0.25, 0.3) is 0 Å². The molecule has 0 aliphatic carbocycles. The van der Waals surface area contributed by atoms with E-state index in [-0.39, 0.29) is 5.60 Å². The van der Waals surface area contributed by atoms with E-state index in [2.05, 4.69) is 43.1 Å². The zero-order valence-corrected chi connectivity index (χ0v) is 12.5. The van der Waals surface area contributed by atoms with E-state index in [1.807, 2.05) is 11.3 Å². The molecule has 0 saturated carbocycles. The zero-order chi connectivity index (χ0) is 13.0. The van der Waals surface area contributed by atoms with Crippen LogP contribution in [-0.4, -0.2) is 36.7 Å². The number of thiophene rings is 1. The highest BCUT2D eigenvalue weighted by atomic mass is 32.1. The van der Waals surface area contributed by atoms with Crippen LogP contribution in [0.2, 0.25) is 0 Å². The summed E-state index contributed by atoms with van der Waals surface area (Å²) in [6.07, 6.45) is 0. The molecule has 2 heterocycles. The predicted octanol–water partition coefficient (Wildman–Crippen LogP) is 2.47. The van der Waals surface area contributed by atoms with Crippen LogP contribution in [0, 0.1) is 0 Å². The van der Waals surface area contributed by atoms with Crippen molar-refractivity contribution in [3.05, 3.63) is 21.9 Å². The van der Waals surface area contributed by atoms with Crippen LogP contribution in [0.5, 0.6) is 0 Å². The fourth-order valence-corrected chi connectivity index (χ4v) is 3.35. The van der Waals surface area contributed by atoms with Crippen LogP contribution in [-0.2, 0) is 17.8 Å². The molecule has 1 fully saturated rings. The standard InChI is InChI=1S/C14H24N2OS/c1-4-15-9-12-5-6-13(18-12)10-16-7-8-17-14(2,3)11-16/h5-6,15H,4,7-11H2,1-3H3. The molecule has 2 rings (SSSR count). The Labute approximate surface area is 114 Å². The van der Waals surface area contributed by atoms with E-state index in [1.165, 1.54) is 9.75 Å². The van der Waals surface area contributed by atoms with Gasteiger partial charge in [0.05, 0.1) is 12.2 Å². The summed E-state index contributed by atoms with van der Waals surface area (Å²) in [6, 6.07) is 4.51. The molecule has 1 N–H and O–H groups in total. The normalized spacial score (nSPS) is 20.2. The summed E-state index contributed by atoms with van der Waals surface area (Å²) >= 11 is 1.92. The van der Waals surface area contributed by atoms with Crippen molar-refractivity contribution in [1.82, 2.24) is 10.2 Å². The Kier molecular flexibility index (Phi) is 4.78. The number of morpholine rings is 1. The molecule has 1 saturated heterocycles. The Morgan fingerprint density at radius 2 is 2.17 bits per heavy atom. The quantitative estimate of drug-likeness (QED) is 0.888. The van der Waals surface area contributed by atoms with Crippen LogP contribution in [0.15, 0.2) is 12.1 Å². The average molecular weight is 268 g/mol. The maximum atomic E-state index is 5.74. The van der Waals surface area contributed by atoms with Gasteiger partial charge in [0, 0.05) is 35.9 Å². The summed E-state index contributed by atoms with van der Waals surface area (Å²) in [6.45, 7) is 12.5. The van der Waals surface area contributed by atoms with Gasteiger partial charge in [-0.05, 0) is 32.5 Å². The highest BCUT2D eigenvalue weighted by Crippen LogP contribution is 2.22. The highest BCUT2D eigenvalue weighted by molar-refractivity contribution is 7.11. The van der Waals surface area contributed by atoms with Crippen molar-refractivity contribution in [3.8, 4) is 0 Å². The van der Waals surface area contributed by atoms with Crippen molar-refractivity contribution in [2.45, 2.75) is 39.5 Å². The molecule has 4 heteroatoms. The average Bonchev–Trinajstić information content (AvgIpc) is 2.73. The molecular weight excluding hydrogens is 244 g/mol. The maximum Gasteiger partial charge on any atom is 0.0753 e. The van der Waals surface area contributed by atoms with Crippen molar-refractivity contribution < 1.29 is 4.74 Å². The summed E-state index contributed by atoms with van der Waals surface area (Å²) in [5.41, 5.74) is 0.00209. The lowest BCUT2D eigenvalue weighted by atomic mass is 10.1. The predicted molar refractivity (Wildman–Crippen MR) is 77.0 cm³/mol. The second-order valence-corrected chi connectivity index (χ2v) is 6.72. The first-order valence-electron chi connectivity index (χ1n) is 6.74. The number of hydrogen-bond acceptors (Lipinski definition) is 4. The third-order valence-electron chi connectivity index (χ3n) is 3.15. The molecule has 18 heavy (non-hydrogen) atoms. The van der Waals surface area contributed by atoms with E-state index in [0.717, 1.165) is 39.3 Å². The smallest absolute Gasteiger partial charge is 0.0753 e. The summed E-state index contributed by atoms with van der Waals surface area (Å²) in [5.74, 6) is 0. The van der Waals surface area contributed by atoms with E-state index >= 15 is 0 Å². The summed E-state index contributed by atoms with van der Waals surface area (Å²) in [4.78, 5) is 5.38. The first-order chi connectivity index (χ1) is 8.59. The lowest BCUT2D eigenvalue weighted by Gasteiger charge is -2.37. The van der Waals surface area contributed by atoms with E-state index in [1.54, 1.807) is 0 Å². The molecule has 0 atom stereocenters. The van der Waals surface area contributed by atoms with Gasteiger partial charge in [0.15, 0.2) is 0 Å². The van der Waals surface area contributed by atoms with Gasteiger partial charge in [-0.1, -0.05) is 6.92 Å². The Balaban J connectivity index is 1.87. The van der Waals surface area contributed by atoms with Crippen LogP contribution >= 0.6 is 11.3 Å². The molecule has 0 amide bonds. The van der Waals surface area contributed by atoms with Crippen LogP contribution in [0.4, 0.5) is 0 Å². The van der Waals surface area contributed by atoms with Crippen molar-refractivity contribution in [1.29, 1.82) is 0 Å². The van der Waals surface area contributed by atoms with E-state index in [9.17, 15) is 0 Å². The minimum atomic E-state index is 0.00209. The van der Waals surface area contributed by atoms with Gasteiger partial charge in [-0.15, -0.1) is 11.3 Å². The molecule has 0 aromatic carbocycles. The first-order valence-corrected chi connectivity index (χ1v) is 7.55. The number of nitrogens with one attached hydrogen (secondary N) is 1. The number of hydrogen-bond donors (Lipinski definition) is 1. The van der Waals surface area contributed by atoms with Crippen LogP contribution in [0.3, 0.4) is 0 Å². The highest BCUT2D eigenvalue weighted by Gasteiger charge is 2.27. The molecule has 1 aliphatic rings. The maximum absolute atomic E-state index is 5.74. The molecule has 102 valence electrons. The van der Waals surface area contributed by atoms with Crippen molar-refractivity contribution in [2.75, 3.05) is 26.2 Å². The van der Waals surface area contributed by atoms with Gasteiger partial charge >= 0.3 is 0 Å². The van der Waals surface area contributed by atoms with Crippen LogP contribution in [0.1, 0.15) is 30.5 Å². The topological polar surface area (TPSA) is 24.5 Å². The molecule has 0 spiro atoms. The second-order valence-electron chi connectivity index (χ2n) is 5.47. The zero-order valence-electron chi connectivity index (χ0n) is 11.7. The molecule has 0 bridgehead atoms. The molecule has 1 aliphatic heterocycles. The Morgan fingerprint density at radius 3 is 2.89 bits per heavy atom. The number of rotatable bonds is 5. The van der Waals surface area contributed by atoms with Gasteiger partial charge < -0.3 is 10.1 Å². The summed E-state index contributed by atoms with van der Waals surface area (Å²) < 4.78 is 5.74. The lowest BCUT2D eigenvalue weighted by molar-refractivity contribution is -0.0880. The largest absolute Gasteiger partial charge is 0.373 e. The second kappa shape index (κ2) is 6.15. The van der Waals surface area contributed by atoms with Gasteiger partial charge in [-0.3, -0.25) is 4.90 Å². The lowest BCUT2D eigenvalue weighted by Crippen LogP contribution is -2.47. The third kappa shape index (κ3) is 4.05. The molecule has 1 aromatic heterocycles. The Morgan fingerprint density at radius 1 is 1.39 bits per heavy atom. The van der Waals surface area contributed by atoms with Gasteiger partial charge in [0.2, 0.25) is 0 Å². The van der Waals surface area contributed by atoms with E-state index < -0.39 is 0 Å². The van der Waals surface area contributed by atoms with E-state index in [0.29, 0.717) is 0 Å². The van der Waals surface area contributed by atoms with Crippen molar-refractivity contribution in [3.63, 3.8) is 0 Å². The van der Waals surface area contributed by atoms with E-state index in [4.69, 9.17) is 4.74 Å². The SMILES string of the molecule is CCNCc1ccc(CN2CCOC(C)(C)C2)s1. The Hall–Kier alpha value is -0.420. The molecular formula is C14H24N2OS. The monoisotopic (exact) mass is 268 g/mol. The summed E-state index contributed by atoms with van der Waals surface area (Å²) in [7, 11) is 0. The van der Waals surface area contributed by atoms with Crippen LogP contribution < -0.4 is 5.32 Å². The number of ether oxygens (including phenoxy) is 1. The fraction of sp³-hybridized carbons (Fsp3) is 0.714. The fourth-order valence-electron chi connectivity index (χ4n) is 2.32. The molecule has 0 unspecified atom stereocenters. The third-order valence-corrected chi connectivity index (χ3v) is 4.22. The number of nitrogens with zero attached hydrogens (tertiary/aromatic N) is 1. The van der Waals surface area contributed by atoms with Gasteiger partial charge in [-0.25, -0.2) is 0 Å². The molecule has 3 nitrogen and oxygen atoms in total. The summed E-state index contributed by atoms with van der Waals surface area (Å²) in [5, 5.41) is 3.37.